The Bertz CT molecular complexity index is 202. The van der Waals surface area contributed by atoms with Crippen molar-refractivity contribution in [2.75, 3.05) is 13.1 Å². The maximum atomic E-state index is 11.0. The molecule has 0 aromatic rings. The molecule has 0 saturated carbocycles. The van der Waals surface area contributed by atoms with E-state index in [4.69, 9.17) is 0 Å². The normalized spacial score (nSPS) is 9.53. The Balaban J connectivity index is 0. The predicted octanol–water partition coefficient (Wildman–Crippen LogP) is 1.89. The fourth-order valence-corrected chi connectivity index (χ4v) is 0.737. The van der Waals surface area contributed by atoms with Crippen molar-refractivity contribution < 1.29 is 9.59 Å². The third-order valence-corrected chi connectivity index (χ3v) is 1.97. The quantitative estimate of drug-likeness (QED) is 0.719. The van der Waals surface area contributed by atoms with Crippen LogP contribution in [-0.2, 0) is 9.59 Å². The van der Waals surface area contributed by atoms with Gasteiger partial charge in [-0.1, -0.05) is 40.5 Å². The number of Topliss-reactive ketones (excluding diaryl/α,β-unsaturated/α-hetero) is 1. The van der Waals surface area contributed by atoms with E-state index < -0.39 is 0 Å². The SMILES string of the molecule is CC(=O)CCNC(=O)CNC(C)C.CCCC. The van der Waals surface area contributed by atoms with Crippen LogP contribution in [0.15, 0.2) is 0 Å². The standard InChI is InChI=1S/C9H18N2O2.C4H10/c1-7(2)11-6-9(13)10-5-4-8(3)12;1-3-4-2/h7,11H,4-6H2,1-3H3,(H,10,13);3-4H2,1-2H3. The van der Waals surface area contributed by atoms with Gasteiger partial charge in [-0.25, -0.2) is 0 Å². The van der Waals surface area contributed by atoms with E-state index in [1.54, 1.807) is 0 Å². The van der Waals surface area contributed by atoms with Gasteiger partial charge in [0.1, 0.15) is 5.78 Å². The molecule has 0 fully saturated rings. The molecule has 0 bridgehead atoms. The molecule has 0 aliphatic heterocycles. The number of amides is 1. The molecule has 0 aliphatic carbocycles. The minimum Gasteiger partial charge on any atom is -0.355 e. The molecule has 0 aromatic heterocycles. The molecule has 0 saturated heterocycles. The van der Waals surface area contributed by atoms with Gasteiger partial charge in [0.15, 0.2) is 0 Å². The zero-order chi connectivity index (χ0) is 13.7. The summed E-state index contributed by atoms with van der Waals surface area (Å²) in [5, 5.41) is 5.63. The second-order valence-corrected chi connectivity index (χ2v) is 4.34. The van der Waals surface area contributed by atoms with Crippen LogP contribution in [0.4, 0.5) is 0 Å². The number of unbranched alkanes of at least 4 members (excludes halogenated alkanes) is 1. The van der Waals surface area contributed by atoms with Crippen LogP contribution >= 0.6 is 0 Å². The Morgan fingerprint density at radius 3 is 2.00 bits per heavy atom. The van der Waals surface area contributed by atoms with E-state index >= 15 is 0 Å². The molecule has 102 valence electrons. The summed E-state index contributed by atoms with van der Waals surface area (Å²) in [6, 6.07) is 0.304. The number of nitrogens with one attached hydrogen (secondary N) is 2. The summed E-state index contributed by atoms with van der Waals surface area (Å²) in [6.45, 7) is 10.6. The third kappa shape index (κ3) is 21.0. The molecule has 0 atom stereocenters. The van der Waals surface area contributed by atoms with Crippen molar-refractivity contribution in [3.05, 3.63) is 0 Å². The average molecular weight is 244 g/mol. The number of carbonyl (C=O) groups is 2. The lowest BCUT2D eigenvalue weighted by atomic mass is 10.3. The summed E-state index contributed by atoms with van der Waals surface area (Å²) in [4.78, 5) is 21.6. The second-order valence-electron chi connectivity index (χ2n) is 4.34. The summed E-state index contributed by atoms with van der Waals surface area (Å²) in [5.41, 5.74) is 0. The number of carbonyl (C=O) groups excluding carboxylic acids is 2. The molecule has 0 aromatic carbocycles. The van der Waals surface area contributed by atoms with E-state index in [2.05, 4.69) is 24.5 Å². The first-order valence-electron chi connectivity index (χ1n) is 6.43. The first-order chi connectivity index (χ1) is 7.93. The Morgan fingerprint density at radius 2 is 1.65 bits per heavy atom. The van der Waals surface area contributed by atoms with Crippen molar-refractivity contribution in [2.45, 2.75) is 59.9 Å². The van der Waals surface area contributed by atoms with Gasteiger partial charge in [0, 0.05) is 19.0 Å². The zero-order valence-corrected chi connectivity index (χ0v) is 11.9. The summed E-state index contributed by atoms with van der Waals surface area (Å²) in [6.07, 6.45) is 3.05. The highest BCUT2D eigenvalue weighted by Crippen LogP contribution is 1.79. The maximum absolute atomic E-state index is 11.0. The van der Waals surface area contributed by atoms with Crippen molar-refractivity contribution in [1.82, 2.24) is 10.6 Å². The molecular formula is C13H28N2O2. The fourth-order valence-electron chi connectivity index (χ4n) is 0.737. The summed E-state index contributed by atoms with van der Waals surface area (Å²) < 4.78 is 0. The first kappa shape index (κ1) is 18.5. The Hall–Kier alpha value is -0.900. The van der Waals surface area contributed by atoms with Crippen LogP contribution in [0.3, 0.4) is 0 Å². The van der Waals surface area contributed by atoms with Gasteiger partial charge in [-0.05, 0) is 6.92 Å². The molecule has 4 heteroatoms. The van der Waals surface area contributed by atoms with Crippen molar-refractivity contribution in [1.29, 1.82) is 0 Å². The minimum atomic E-state index is -0.0602. The van der Waals surface area contributed by atoms with Gasteiger partial charge < -0.3 is 10.6 Å². The van der Waals surface area contributed by atoms with Gasteiger partial charge >= 0.3 is 0 Å². The number of ketones is 1. The van der Waals surface area contributed by atoms with Crippen LogP contribution in [-0.4, -0.2) is 30.8 Å². The molecule has 17 heavy (non-hydrogen) atoms. The van der Waals surface area contributed by atoms with Crippen LogP contribution in [0.2, 0.25) is 0 Å². The van der Waals surface area contributed by atoms with Gasteiger partial charge in [-0.2, -0.15) is 0 Å². The van der Waals surface area contributed by atoms with E-state index in [1.165, 1.54) is 19.8 Å². The van der Waals surface area contributed by atoms with E-state index in [0.717, 1.165) is 0 Å². The van der Waals surface area contributed by atoms with Gasteiger partial charge in [0.05, 0.1) is 6.54 Å². The van der Waals surface area contributed by atoms with Crippen LogP contribution in [0, 0.1) is 0 Å². The van der Waals surface area contributed by atoms with E-state index in [-0.39, 0.29) is 11.7 Å². The topological polar surface area (TPSA) is 58.2 Å². The maximum Gasteiger partial charge on any atom is 0.233 e. The third-order valence-electron chi connectivity index (χ3n) is 1.97. The van der Waals surface area contributed by atoms with Gasteiger partial charge in [0.2, 0.25) is 5.91 Å². The monoisotopic (exact) mass is 244 g/mol. The van der Waals surface area contributed by atoms with Crippen molar-refractivity contribution in [2.24, 2.45) is 0 Å². The van der Waals surface area contributed by atoms with Crippen molar-refractivity contribution in [3.63, 3.8) is 0 Å². The van der Waals surface area contributed by atoms with Gasteiger partial charge in [-0.15, -0.1) is 0 Å². The molecule has 0 aliphatic rings. The zero-order valence-electron chi connectivity index (χ0n) is 11.9. The molecule has 0 rings (SSSR count). The number of hydrogen-bond donors (Lipinski definition) is 2. The molecule has 0 heterocycles. The van der Waals surface area contributed by atoms with Crippen LogP contribution in [0.1, 0.15) is 53.9 Å². The predicted molar refractivity (Wildman–Crippen MR) is 72.0 cm³/mol. The Labute approximate surface area is 106 Å². The van der Waals surface area contributed by atoms with E-state index in [0.29, 0.717) is 25.6 Å². The fraction of sp³-hybridized carbons (Fsp3) is 0.846. The summed E-state index contributed by atoms with van der Waals surface area (Å²) in [5.74, 6) is 0.0343. The highest BCUT2D eigenvalue weighted by Gasteiger charge is 2.01. The van der Waals surface area contributed by atoms with Crippen molar-refractivity contribution in [3.8, 4) is 0 Å². The Kier molecular flexibility index (Phi) is 14.3. The average Bonchev–Trinajstić information content (AvgIpc) is 2.26. The smallest absolute Gasteiger partial charge is 0.233 e. The van der Waals surface area contributed by atoms with Crippen LogP contribution in [0.5, 0.6) is 0 Å². The van der Waals surface area contributed by atoms with Crippen LogP contribution in [0.25, 0.3) is 0 Å². The van der Waals surface area contributed by atoms with Crippen LogP contribution < -0.4 is 10.6 Å². The van der Waals surface area contributed by atoms with E-state index in [9.17, 15) is 9.59 Å². The minimum absolute atomic E-state index is 0.0602. The summed E-state index contributed by atoms with van der Waals surface area (Å²) >= 11 is 0. The molecule has 0 spiro atoms. The highest BCUT2D eigenvalue weighted by atomic mass is 16.2. The molecule has 1 amide bonds. The van der Waals surface area contributed by atoms with Gasteiger partial charge in [-0.3, -0.25) is 9.59 Å². The molecule has 0 unspecified atom stereocenters. The highest BCUT2D eigenvalue weighted by molar-refractivity contribution is 5.79. The lowest BCUT2D eigenvalue weighted by molar-refractivity contribution is -0.120. The van der Waals surface area contributed by atoms with Crippen molar-refractivity contribution >= 4 is 11.7 Å². The Morgan fingerprint density at radius 1 is 1.12 bits per heavy atom. The first-order valence-corrected chi connectivity index (χ1v) is 6.43. The molecule has 4 nitrogen and oxygen atoms in total. The van der Waals surface area contributed by atoms with E-state index in [1.807, 2.05) is 13.8 Å². The number of hydrogen-bond acceptors (Lipinski definition) is 3. The lowest BCUT2D eigenvalue weighted by Gasteiger charge is -2.07. The lowest BCUT2D eigenvalue weighted by Crippen LogP contribution is -2.37. The molecule has 0 radical (unpaired) electrons. The number of rotatable bonds is 7. The largest absolute Gasteiger partial charge is 0.355 e. The second kappa shape index (κ2) is 13.2. The molecule has 2 N–H and O–H groups in total. The summed E-state index contributed by atoms with van der Waals surface area (Å²) in [7, 11) is 0. The van der Waals surface area contributed by atoms with Gasteiger partial charge in [0.25, 0.3) is 0 Å². The molecular weight excluding hydrogens is 216 g/mol.